The van der Waals surface area contributed by atoms with E-state index in [9.17, 15) is 4.79 Å². The molecule has 0 aliphatic carbocycles. The minimum Gasteiger partial charge on any atom is -0.385 e. The molecule has 0 heterocycles. The van der Waals surface area contributed by atoms with Crippen molar-refractivity contribution in [3.8, 4) is 0 Å². The van der Waals surface area contributed by atoms with Crippen LogP contribution in [0.25, 0.3) is 0 Å². The summed E-state index contributed by atoms with van der Waals surface area (Å²) in [5.41, 5.74) is 7.35. The highest BCUT2D eigenvalue weighted by Crippen LogP contribution is 2.16. The average Bonchev–Trinajstić information content (AvgIpc) is 2.17. The molecule has 3 heteroatoms. The molecule has 1 aromatic carbocycles. The first kappa shape index (κ1) is 10.6. The van der Waals surface area contributed by atoms with Crippen LogP contribution in [-0.4, -0.2) is 12.5 Å². The normalized spacial score (nSPS) is 9.79. The molecule has 3 nitrogen and oxygen atoms in total. The van der Waals surface area contributed by atoms with Gasteiger partial charge in [-0.15, -0.1) is 0 Å². The smallest absolute Gasteiger partial charge is 0.217 e. The van der Waals surface area contributed by atoms with Gasteiger partial charge in [-0.2, -0.15) is 0 Å². The molecule has 1 aromatic rings. The van der Waals surface area contributed by atoms with Gasteiger partial charge >= 0.3 is 0 Å². The van der Waals surface area contributed by atoms with Crippen molar-refractivity contribution in [2.45, 2.75) is 19.8 Å². The predicted molar refractivity (Wildman–Crippen MR) is 58.1 cm³/mol. The first-order valence-electron chi connectivity index (χ1n) is 4.84. The first-order valence-corrected chi connectivity index (χ1v) is 4.84. The van der Waals surface area contributed by atoms with E-state index in [1.54, 1.807) is 0 Å². The van der Waals surface area contributed by atoms with Crippen LogP contribution in [0.5, 0.6) is 0 Å². The molecule has 1 amide bonds. The molecule has 0 aromatic heterocycles. The third-order valence-corrected chi connectivity index (χ3v) is 2.03. The summed E-state index contributed by atoms with van der Waals surface area (Å²) in [5, 5.41) is 3.25. The number of carbonyl (C=O) groups excluding carboxylic acids is 1. The maximum absolute atomic E-state index is 10.6. The molecule has 0 unspecified atom stereocenters. The van der Waals surface area contributed by atoms with Gasteiger partial charge < -0.3 is 11.1 Å². The van der Waals surface area contributed by atoms with E-state index in [1.165, 1.54) is 0 Å². The molecular weight excluding hydrogens is 176 g/mol. The minimum absolute atomic E-state index is 0.253. The highest BCUT2D eigenvalue weighted by Gasteiger charge is 2.01. The molecule has 0 fully saturated rings. The van der Waals surface area contributed by atoms with Gasteiger partial charge in [0.15, 0.2) is 0 Å². The molecule has 0 aliphatic rings. The van der Waals surface area contributed by atoms with Gasteiger partial charge in [0, 0.05) is 18.7 Å². The monoisotopic (exact) mass is 192 g/mol. The molecule has 0 radical (unpaired) electrons. The van der Waals surface area contributed by atoms with Crippen LogP contribution in [0.1, 0.15) is 18.9 Å². The van der Waals surface area contributed by atoms with Crippen LogP contribution in [0.4, 0.5) is 5.69 Å². The fourth-order valence-electron chi connectivity index (χ4n) is 1.36. The van der Waals surface area contributed by atoms with Crippen LogP contribution in [0.2, 0.25) is 0 Å². The lowest BCUT2D eigenvalue weighted by molar-refractivity contribution is -0.117. The number of anilines is 1. The van der Waals surface area contributed by atoms with E-state index < -0.39 is 0 Å². The Morgan fingerprint density at radius 2 is 2.14 bits per heavy atom. The van der Waals surface area contributed by atoms with Crippen molar-refractivity contribution >= 4 is 11.6 Å². The molecule has 14 heavy (non-hydrogen) atoms. The Morgan fingerprint density at radius 3 is 2.79 bits per heavy atom. The number of benzene rings is 1. The van der Waals surface area contributed by atoms with Crippen LogP contribution >= 0.6 is 0 Å². The van der Waals surface area contributed by atoms with Gasteiger partial charge in [-0.1, -0.05) is 18.2 Å². The van der Waals surface area contributed by atoms with Gasteiger partial charge in [0.2, 0.25) is 5.91 Å². The summed E-state index contributed by atoms with van der Waals surface area (Å²) in [6, 6.07) is 7.98. The van der Waals surface area contributed by atoms with E-state index in [1.807, 2.05) is 31.2 Å². The fraction of sp³-hybridized carbons (Fsp3) is 0.364. The minimum atomic E-state index is -0.253. The number of rotatable bonds is 5. The standard InChI is InChI=1S/C11H16N2O/c1-2-13-10-6-4-3-5-9(10)7-8-11(12)14/h3-6,13H,2,7-8H2,1H3,(H2,12,14). The van der Waals surface area contributed by atoms with Crippen LogP contribution < -0.4 is 11.1 Å². The van der Waals surface area contributed by atoms with Crippen molar-refractivity contribution in [1.82, 2.24) is 0 Å². The van der Waals surface area contributed by atoms with Crippen LogP contribution in [-0.2, 0) is 11.2 Å². The molecule has 0 bridgehead atoms. The molecule has 0 saturated carbocycles. The maximum atomic E-state index is 10.6. The number of para-hydroxylation sites is 1. The second-order valence-corrected chi connectivity index (χ2v) is 3.15. The van der Waals surface area contributed by atoms with Gasteiger partial charge in [-0.3, -0.25) is 4.79 Å². The summed E-state index contributed by atoms with van der Waals surface area (Å²) in [6.07, 6.45) is 1.11. The summed E-state index contributed by atoms with van der Waals surface area (Å²) in [7, 11) is 0. The Kier molecular flexibility index (Phi) is 3.98. The molecule has 1 rings (SSSR count). The lowest BCUT2D eigenvalue weighted by atomic mass is 10.1. The topological polar surface area (TPSA) is 55.1 Å². The van der Waals surface area contributed by atoms with Crippen molar-refractivity contribution in [1.29, 1.82) is 0 Å². The lowest BCUT2D eigenvalue weighted by Crippen LogP contribution is -2.12. The summed E-state index contributed by atoms with van der Waals surface area (Å²) in [4.78, 5) is 10.6. The van der Waals surface area contributed by atoms with Crippen molar-refractivity contribution in [3.63, 3.8) is 0 Å². The first-order chi connectivity index (χ1) is 6.74. The van der Waals surface area contributed by atoms with E-state index in [2.05, 4.69) is 5.32 Å². The van der Waals surface area contributed by atoms with E-state index in [-0.39, 0.29) is 5.91 Å². The predicted octanol–water partition coefficient (Wildman–Crippen LogP) is 1.54. The number of carbonyl (C=O) groups is 1. The maximum Gasteiger partial charge on any atom is 0.217 e. The Bertz CT molecular complexity index is 310. The molecule has 0 aliphatic heterocycles. The van der Waals surface area contributed by atoms with Crippen molar-refractivity contribution in [2.24, 2.45) is 5.73 Å². The SMILES string of the molecule is CCNc1ccccc1CCC(N)=O. The molecular formula is C11H16N2O. The number of hydrogen-bond donors (Lipinski definition) is 2. The largest absolute Gasteiger partial charge is 0.385 e. The van der Waals surface area contributed by atoms with Crippen LogP contribution in [0.15, 0.2) is 24.3 Å². The third kappa shape index (κ3) is 3.09. The van der Waals surface area contributed by atoms with E-state index in [4.69, 9.17) is 5.73 Å². The van der Waals surface area contributed by atoms with Crippen LogP contribution in [0.3, 0.4) is 0 Å². The van der Waals surface area contributed by atoms with E-state index in [0.717, 1.165) is 17.8 Å². The zero-order chi connectivity index (χ0) is 10.4. The summed E-state index contributed by atoms with van der Waals surface area (Å²) >= 11 is 0. The lowest BCUT2D eigenvalue weighted by Gasteiger charge is -2.09. The molecule has 0 spiro atoms. The fourth-order valence-corrected chi connectivity index (χ4v) is 1.36. The highest BCUT2D eigenvalue weighted by molar-refractivity contribution is 5.74. The van der Waals surface area contributed by atoms with Gasteiger partial charge in [0.25, 0.3) is 0 Å². The second-order valence-electron chi connectivity index (χ2n) is 3.15. The molecule has 76 valence electrons. The van der Waals surface area contributed by atoms with Crippen molar-refractivity contribution < 1.29 is 4.79 Å². The summed E-state index contributed by atoms with van der Waals surface area (Å²) in [6.45, 7) is 2.93. The Hall–Kier alpha value is -1.51. The van der Waals surface area contributed by atoms with Gasteiger partial charge in [-0.05, 0) is 25.0 Å². The summed E-state index contributed by atoms with van der Waals surface area (Å²) in [5.74, 6) is -0.253. The quantitative estimate of drug-likeness (QED) is 0.743. The number of primary amides is 1. The van der Waals surface area contributed by atoms with Crippen molar-refractivity contribution in [3.05, 3.63) is 29.8 Å². The molecule has 3 N–H and O–H groups in total. The zero-order valence-electron chi connectivity index (χ0n) is 8.42. The number of amides is 1. The van der Waals surface area contributed by atoms with Gasteiger partial charge in [0.1, 0.15) is 0 Å². The molecule has 0 atom stereocenters. The average molecular weight is 192 g/mol. The second kappa shape index (κ2) is 5.27. The summed E-state index contributed by atoms with van der Waals surface area (Å²) < 4.78 is 0. The highest BCUT2D eigenvalue weighted by atomic mass is 16.1. The van der Waals surface area contributed by atoms with Crippen LogP contribution in [0, 0.1) is 0 Å². The zero-order valence-corrected chi connectivity index (χ0v) is 8.42. The van der Waals surface area contributed by atoms with E-state index in [0.29, 0.717) is 12.8 Å². The Balaban J connectivity index is 2.68. The number of nitrogens with two attached hydrogens (primary N) is 1. The Morgan fingerprint density at radius 1 is 1.43 bits per heavy atom. The molecule has 0 saturated heterocycles. The van der Waals surface area contributed by atoms with E-state index >= 15 is 0 Å². The Labute approximate surface area is 84.3 Å². The number of nitrogens with one attached hydrogen (secondary N) is 1. The third-order valence-electron chi connectivity index (χ3n) is 2.03. The van der Waals surface area contributed by atoms with Crippen molar-refractivity contribution in [2.75, 3.05) is 11.9 Å². The number of aryl methyl sites for hydroxylation is 1. The van der Waals surface area contributed by atoms with Gasteiger partial charge in [0.05, 0.1) is 0 Å². The van der Waals surface area contributed by atoms with Gasteiger partial charge in [-0.25, -0.2) is 0 Å². The number of hydrogen-bond acceptors (Lipinski definition) is 2.